The predicted octanol–water partition coefficient (Wildman–Crippen LogP) is 8.26. The van der Waals surface area contributed by atoms with Crippen LogP contribution < -0.4 is 5.46 Å². The van der Waals surface area contributed by atoms with E-state index in [0.717, 1.165) is 17.0 Å². The summed E-state index contributed by atoms with van der Waals surface area (Å²) in [6.07, 6.45) is -0.826. The second kappa shape index (κ2) is 12.1. The van der Waals surface area contributed by atoms with Gasteiger partial charge >= 0.3 is 0 Å². The summed E-state index contributed by atoms with van der Waals surface area (Å²) in [6.45, 7) is 6.47. The third-order valence-electron chi connectivity index (χ3n) is 6.28. The summed E-state index contributed by atoms with van der Waals surface area (Å²) < 4.78 is 0. The second-order valence-electron chi connectivity index (χ2n) is 9.26. The number of aryl methyl sites for hydroxylation is 3. The molecule has 0 aliphatic carbocycles. The van der Waals surface area contributed by atoms with E-state index >= 15 is 0 Å². The molecule has 0 nitrogen and oxygen atoms in total. The molecule has 4 rings (SSSR count). The summed E-state index contributed by atoms with van der Waals surface area (Å²) in [4.78, 5) is 4.07. The van der Waals surface area contributed by atoms with Gasteiger partial charge in [0.2, 0.25) is 0 Å². The highest BCUT2D eigenvalue weighted by atomic mass is 32.2. The van der Waals surface area contributed by atoms with Crippen molar-refractivity contribution in [2.45, 2.75) is 35.5 Å². The molecule has 0 atom stereocenters. The molecule has 0 amide bonds. The van der Waals surface area contributed by atoms with Crippen molar-refractivity contribution in [3.63, 3.8) is 0 Å². The lowest BCUT2D eigenvalue weighted by Gasteiger charge is -2.40. The molecule has 0 N–H and O–H groups in total. The molecule has 0 aromatic heterocycles. The van der Waals surface area contributed by atoms with E-state index in [1.807, 2.05) is 35.3 Å². The van der Waals surface area contributed by atoms with Crippen molar-refractivity contribution < 1.29 is 0 Å². The number of hydrogen-bond donors (Lipinski definition) is 0. The van der Waals surface area contributed by atoms with Crippen molar-refractivity contribution in [1.82, 2.24) is 0 Å². The fourth-order valence-corrected chi connectivity index (χ4v) is 8.22. The minimum Gasteiger partial charge on any atom is -0.207 e. The van der Waals surface area contributed by atoms with Crippen LogP contribution in [0, 0.1) is 20.8 Å². The average molecular weight is 500 g/mol. The Morgan fingerprint density at radius 1 is 0.441 bits per heavy atom. The van der Waals surface area contributed by atoms with Crippen molar-refractivity contribution in [3.05, 3.63) is 120 Å². The van der Waals surface area contributed by atoms with Crippen molar-refractivity contribution in [1.29, 1.82) is 0 Å². The van der Waals surface area contributed by atoms with Crippen LogP contribution in [-0.4, -0.2) is 23.1 Å². The van der Waals surface area contributed by atoms with Gasteiger partial charge in [0.1, 0.15) is 0 Å². The van der Waals surface area contributed by atoms with Crippen LogP contribution in [0.4, 0.5) is 0 Å². The molecule has 34 heavy (non-hydrogen) atoms. The zero-order chi connectivity index (χ0) is 23.8. The average Bonchev–Trinajstić information content (AvgIpc) is 2.87. The number of benzene rings is 4. The Labute approximate surface area is 218 Å². The van der Waals surface area contributed by atoms with Gasteiger partial charge in [-0.1, -0.05) is 83.4 Å². The van der Waals surface area contributed by atoms with E-state index in [0.29, 0.717) is 0 Å². The Morgan fingerprint density at radius 2 is 0.765 bits per heavy atom. The van der Waals surface area contributed by atoms with Gasteiger partial charge in [0.05, 0.1) is 6.15 Å². The van der Waals surface area contributed by atoms with E-state index in [2.05, 4.69) is 124 Å². The Kier molecular flexibility index (Phi) is 8.94. The van der Waals surface area contributed by atoms with E-state index in [-0.39, 0.29) is 0 Å². The summed E-state index contributed by atoms with van der Waals surface area (Å²) in [5.74, 6) is 0. The standard InChI is InChI=1S/C30H32BS3/c1-24-9-15-28(16-10-24)32-21-31(27-7-5-4-6-8-27,22-33-29-17-11-25(2)12-18-29)23-34-30-19-13-26(3)14-20-30/h4-20H,21-23H2,1-3H3/q-1. The van der Waals surface area contributed by atoms with Crippen LogP contribution in [-0.2, 0) is 0 Å². The molecule has 0 unspecified atom stereocenters. The molecule has 4 aromatic rings. The lowest BCUT2D eigenvalue weighted by molar-refractivity contribution is 1.37. The first-order valence-electron chi connectivity index (χ1n) is 11.9. The molecule has 0 radical (unpaired) electrons. The van der Waals surface area contributed by atoms with Crippen LogP contribution >= 0.6 is 35.3 Å². The van der Waals surface area contributed by atoms with Crippen LogP contribution in [0.5, 0.6) is 0 Å². The fourth-order valence-electron chi connectivity index (χ4n) is 3.97. The minimum atomic E-state index is -0.826. The Bertz CT molecular complexity index is 1030. The van der Waals surface area contributed by atoms with Crippen molar-refractivity contribution >= 4 is 46.9 Å². The Hall–Kier alpha value is -2.01. The molecule has 0 aliphatic heterocycles. The zero-order valence-corrected chi connectivity index (χ0v) is 22.7. The van der Waals surface area contributed by atoms with E-state index in [1.54, 1.807) is 0 Å². The van der Waals surface area contributed by atoms with Gasteiger partial charge in [-0.2, -0.15) is 35.3 Å². The highest BCUT2D eigenvalue weighted by Crippen LogP contribution is 2.32. The molecular weight excluding hydrogens is 467 g/mol. The summed E-state index contributed by atoms with van der Waals surface area (Å²) >= 11 is 6.02. The molecular formula is C30H32BS3-. The molecule has 4 heteroatoms. The third-order valence-corrected chi connectivity index (χ3v) is 10.5. The fraction of sp³-hybridized carbons (Fsp3) is 0.200. The van der Waals surface area contributed by atoms with Crippen LogP contribution in [0.1, 0.15) is 16.7 Å². The van der Waals surface area contributed by atoms with Gasteiger partial charge in [-0.3, -0.25) is 0 Å². The van der Waals surface area contributed by atoms with Crippen LogP contribution in [0.15, 0.2) is 118 Å². The third kappa shape index (κ3) is 7.01. The maximum atomic E-state index is 2.35. The van der Waals surface area contributed by atoms with Crippen LogP contribution in [0.3, 0.4) is 0 Å². The maximum absolute atomic E-state index is 2.35. The first kappa shape index (κ1) is 25.1. The molecule has 0 fully saturated rings. The molecule has 0 spiro atoms. The van der Waals surface area contributed by atoms with Crippen LogP contribution in [0.25, 0.3) is 0 Å². The molecule has 0 saturated carbocycles. The lowest BCUT2D eigenvalue weighted by atomic mass is 9.26. The predicted molar refractivity (Wildman–Crippen MR) is 158 cm³/mol. The van der Waals surface area contributed by atoms with Gasteiger partial charge in [0, 0.05) is 14.7 Å². The highest BCUT2D eigenvalue weighted by Gasteiger charge is 2.27. The van der Waals surface area contributed by atoms with E-state index in [4.69, 9.17) is 0 Å². The van der Waals surface area contributed by atoms with Gasteiger partial charge in [-0.25, -0.2) is 5.46 Å². The van der Waals surface area contributed by atoms with Gasteiger partial charge < -0.3 is 0 Å². The number of hydrogen-bond acceptors (Lipinski definition) is 3. The molecule has 0 saturated heterocycles. The normalized spacial score (nSPS) is 11.5. The summed E-state index contributed by atoms with van der Waals surface area (Å²) in [7, 11) is 0. The van der Waals surface area contributed by atoms with E-state index in [9.17, 15) is 0 Å². The first-order chi connectivity index (χ1) is 16.5. The number of rotatable bonds is 10. The monoisotopic (exact) mass is 499 g/mol. The topological polar surface area (TPSA) is 0 Å². The summed E-state index contributed by atoms with van der Waals surface area (Å²) in [5.41, 5.74) is 8.74. The lowest BCUT2D eigenvalue weighted by Crippen LogP contribution is -2.56. The zero-order valence-electron chi connectivity index (χ0n) is 20.2. The van der Waals surface area contributed by atoms with Gasteiger partial charge in [0.15, 0.2) is 0 Å². The summed E-state index contributed by atoms with van der Waals surface area (Å²) in [5, 5.41) is 0. The van der Waals surface area contributed by atoms with E-state index < -0.39 is 6.15 Å². The molecule has 4 aromatic carbocycles. The minimum absolute atomic E-state index is 0.826. The van der Waals surface area contributed by atoms with Crippen molar-refractivity contribution in [2.24, 2.45) is 0 Å². The van der Waals surface area contributed by atoms with Crippen molar-refractivity contribution in [2.75, 3.05) is 17.0 Å². The Balaban J connectivity index is 1.63. The largest absolute Gasteiger partial charge is 0.207 e. The summed E-state index contributed by atoms with van der Waals surface area (Å²) in [6, 6.07) is 38.2. The molecule has 0 aliphatic rings. The Morgan fingerprint density at radius 3 is 1.09 bits per heavy atom. The van der Waals surface area contributed by atoms with Crippen LogP contribution in [0.2, 0.25) is 0 Å². The van der Waals surface area contributed by atoms with Gasteiger partial charge in [0.25, 0.3) is 0 Å². The maximum Gasteiger partial charge on any atom is 0.0593 e. The van der Waals surface area contributed by atoms with Gasteiger partial charge in [-0.15, -0.1) is 17.0 Å². The molecule has 0 heterocycles. The SMILES string of the molecule is Cc1ccc(SC[B-](CSc2ccc(C)cc2)(CSc2ccc(C)cc2)c2ccccc2)cc1. The smallest absolute Gasteiger partial charge is 0.0593 e. The number of thioether (sulfide) groups is 3. The highest BCUT2D eigenvalue weighted by molar-refractivity contribution is 8.06. The molecule has 0 bridgehead atoms. The quantitative estimate of drug-likeness (QED) is 0.159. The van der Waals surface area contributed by atoms with Crippen molar-refractivity contribution in [3.8, 4) is 0 Å². The van der Waals surface area contributed by atoms with Gasteiger partial charge in [-0.05, 0) is 57.2 Å². The second-order valence-corrected chi connectivity index (χ2v) is 12.5. The molecule has 174 valence electrons. The first-order valence-corrected chi connectivity index (χ1v) is 14.8. The van der Waals surface area contributed by atoms with E-state index in [1.165, 1.54) is 36.8 Å².